The Kier molecular flexibility index (Phi) is 7.33. The smallest absolute Gasteiger partial charge is 0.252 e. The SMILES string of the molecule is CO[C@]1(C(=O)N[C@@H](C)c2ccc(-n3cc(F)cn3)nc2)CC[C@@H](c2nc(Nc3cc(C)[nH]n3)cc3nccnc32)CC1. The number of fused-ring (bicyclic) bond motifs is 1. The Bertz CT molecular complexity index is 1710. The van der Waals surface area contributed by atoms with E-state index >= 15 is 0 Å². The molecule has 1 aliphatic carbocycles. The molecule has 0 spiro atoms. The number of pyridine rings is 2. The number of aromatic amines is 1. The number of aryl methyl sites for hydroxylation is 1. The van der Waals surface area contributed by atoms with Crippen molar-refractivity contribution in [1.82, 2.24) is 45.2 Å². The molecular weight excluding hydrogens is 539 g/mol. The third-order valence-corrected chi connectivity index (χ3v) is 7.83. The number of carbonyl (C=O) groups is 1. The number of nitrogens with one attached hydrogen (secondary N) is 3. The van der Waals surface area contributed by atoms with Crippen LogP contribution in [0.1, 0.15) is 61.5 Å². The Morgan fingerprint density at radius 3 is 2.62 bits per heavy atom. The molecule has 13 heteroatoms. The summed E-state index contributed by atoms with van der Waals surface area (Å²) in [6, 6.07) is 7.03. The highest BCUT2D eigenvalue weighted by atomic mass is 19.1. The number of nitrogens with zero attached hydrogens (tertiary/aromatic N) is 7. The van der Waals surface area contributed by atoms with Crippen molar-refractivity contribution < 1.29 is 13.9 Å². The molecule has 0 unspecified atom stereocenters. The molecule has 1 amide bonds. The van der Waals surface area contributed by atoms with E-state index in [0.29, 0.717) is 43.1 Å². The molecule has 216 valence electrons. The summed E-state index contributed by atoms with van der Waals surface area (Å²) in [5.74, 6) is 1.25. The lowest BCUT2D eigenvalue weighted by atomic mass is 9.76. The summed E-state index contributed by atoms with van der Waals surface area (Å²) in [4.78, 5) is 32.0. The summed E-state index contributed by atoms with van der Waals surface area (Å²) >= 11 is 0. The summed E-state index contributed by atoms with van der Waals surface area (Å²) in [5.41, 5.74) is 3.12. The average Bonchev–Trinajstić information content (AvgIpc) is 3.64. The zero-order valence-corrected chi connectivity index (χ0v) is 23.5. The van der Waals surface area contributed by atoms with E-state index in [1.165, 1.54) is 10.9 Å². The van der Waals surface area contributed by atoms with Gasteiger partial charge in [0.25, 0.3) is 5.91 Å². The summed E-state index contributed by atoms with van der Waals surface area (Å²) in [7, 11) is 1.58. The van der Waals surface area contributed by atoms with Crippen LogP contribution in [0.2, 0.25) is 0 Å². The predicted octanol–water partition coefficient (Wildman–Crippen LogP) is 4.44. The minimum absolute atomic E-state index is 0.0734. The normalized spacial score (nSPS) is 19.5. The van der Waals surface area contributed by atoms with Crippen LogP contribution in [-0.2, 0) is 9.53 Å². The second kappa shape index (κ2) is 11.2. The number of hydrogen-bond donors (Lipinski definition) is 3. The van der Waals surface area contributed by atoms with Gasteiger partial charge in [0.1, 0.15) is 16.9 Å². The van der Waals surface area contributed by atoms with Crippen molar-refractivity contribution in [3.8, 4) is 5.82 Å². The number of anilines is 2. The van der Waals surface area contributed by atoms with Gasteiger partial charge in [0.05, 0.1) is 29.6 Å². The third-order valence-electron chi connectivity index (χ3n) is 7.83. The van der Waals surface area contributed by atoms with Crippen molar-refractivity contribution >= 4 is 28.6 Å². The van der Waals surface area contributed by atoms with Crippen LogP contribution in [0.15, 0.2) is 55.2 Å². The first-order chi connectivity index (χ1) is 20.3. The number of halogens is 1. The van der Waals surface area contributed by atoms with Crippen LogP contribution in [0.25, 0.3) is 16.9 Å². The Hall–Kier alpha value is -4.78. The van der Waals surface area contributed by atoms with Gasteiger partial charge in [-0.2, -0.15) is 10.2 Å². The van der Waals surface area contributed by atoms with Crippen LogP contribution in [0, 0.1) is 12.7 Å². The van der Waals surface area contributed by atoms with E-state index in [1.54, 1.807) is 31.8 Å². The van der Waals surface area contributed by atoms with Gasteiger partial charge in [-0.1, -0.05) is 6.07 Å². The number of hydrogen-bond acceptors (Lipinski definition) is 9. The molecule has 1 aliphatic rings. The van der Waals surface area contributed by atoms with E-state index in [2.05, 4.69) is 40.9 Å². The maximum absolute atomic E-state index is 13.6. The van der Waals surface area contributed by atoms with Crippen molar-refractivity contribution in [2.75, 3.05) is 12.4 Å². The highest BCUT2D eigenvalue weighted by Crippen LogP contribution is 2.41. The summed E-state index contributed by atoms with van der Waals surface area (Å²) in [6.45, 7) is 3.83. The average molecular weight is 571 g/mol. The molecular formula is C29H31FN10O2. The molecule has 42 heavy (non-hydrogen) atoms. The second-order valence-electron chi connectivity index (χ2n) is 10.6. The topological polar surface area (TPSA) is 148 Å². The number of rotatable bonds is 8. The van der Waals surface area contributed by atoms with E-state index in [4.69, 9.17) is 9.72 Å². The van der Waals surface area contributed by atoms with E-state index in [0.717, 1.165) is 34.2 Å². The van der Waals surface area contributed by atoms with Gasteiger partial charge in [0.15, 0.2) is 17.5 Å². The molecule has 0 saturated heterocycles. The van der Waals surface area contributed by atoms with E-state index < -0.39 is 11.4 Å². The van der Waals surface area contributed by atoms with Crippen molar-refractivity contribution in [3.05, 3.63) is 78.0 Å². The number of amides is 1. The third kappa shape index (κ3) is 5.42. The summed E-state index contributed by atoms with van der Waals surface area (Å²) < 4.78 is 20.6. The van der Waals surface area contributed by atoms with Gasteiger partial charge >= 0.3 is 0 Å². The zero-order valence-electron chi connectivity index (χ0n) is 23.5. The second-order valence-corrected chi connectivity index (χ2v) is 10.6. The standard InChI is InChI=1S/C29H31FN10O2/c1-17-12-24(39-38-17)36-23-13-22-27(32-11-10-31-22)26(37-23)19-6-8-29(42-3,9-7-19)28(41)35-18(2)20-4-5-25(33-14-20)40-16-21(30)15-34-40/h4-5,10-16,18-19H,6-9H2,1-3H3,(H,35,41)(H2,36,37,38,39)/t18-,19-,29-/m0/s1. The van der Waals surface area contributed by atoms with Crippen LogP contribution < -0.4 is 10.6 Å². The Labute approximate surface area is 241 Å². The van der Waals surface area contributed by atoms with Gasteiger partial charge in [-0.3, -0.25) is 19.9 Å². The minimum Gasteiger partial charge on any atom is -0.368 e. The maximum atomic E-state index is 13.6. The summed E-state index contributed by atoms with van der Waals surface area (Å²) in [5, 5.41) is 17.5. The first kappa shape index (κ1) is 27.4. The van der Waals surface area contributed by atoms with Gasteiger partial charge in [0.2, 0.25) is 0 Å². The molecule has 0 aromatic carbocycles. The molecule has 12 nitrogen and oxygen atoms in total. The quantitative estimate of drug-likeness (QED) is 0.246. The highest BCUT2D eigenvalue weighted by Gasteiger charge is 2.43. The lowest BCUT2D eigenvalue weighted by molar-refractivity contribution is -0.148. The minimum atomic E-state index is -0.964. The van der Waals surface area contributed by atoms with E-state index in [9.17, 15) is 9.18 Å². The number of aromatic nitrogens is 8. The first-order valence-electron chi connectivity index (χ1n) is 13.8. The maximum Gasteiger partial charge on any atom is 0.252 e. The number of methoxy groups -OCH3 is 1. The van der Waals surface area contributed by atoms with Crippen LogP contribution in [-0.4, -0.2) is 58.5 Å². The van der Waals surface area contributed by atoms with E-state index in [1.807, 2.05) is 32.0 Å². The molecule has 5 aromatic heterocycles. The molecule has 5 aromatic rings. The Balaban J connectivity index is 1.16. The monoisotopic (exact) mass is 570 g/mol. The Morgan fingerprint density at radius 2 is 1.95 bits per heavy atom. The van der Waals surface area contributed by atoms with Gasteiger partial charge in [0, 0.05) is 49.4 Å². The van der Waals surface area contributed by atoms with Crippen molar-refractivity contribution in [3.63, 3.8) is 0 Å². The fourth-order valence-corrected chi connectivity index (χ4v) is 5.47. The zero-order chi connectivity index (χ0) is 29.3. The molecule has 1 atom stereocenters. The fraction of sp³-hybridized carbons (Fsp3) is 0.345. The molecule has 0 radical (unpaired) electrons. The van der Waals surface area contributed by atoms with Gasteiger partial charge in [-0.05, 0) is 51.2 Å². The molecule has 1 saturated carbocycles. The van der Waals surface area contributed by atoms with Crippen molar-refractivity contribution in [2.45, 2.75) is 57.1 Å². The lowest BCUT2D eigenvalue weighted by Crippen LogP contribution is -2.50. The van der Waals surface area contributed by atoms with Crippen LogP contribution in [0.3, 0.4) is 0 Å². The van der Waals surface area contributed by atoms with Crippen molar-refractivity contribution in [2.24, 2.45) is 0 Å². The van der Waals surface area contributed by atoms with Gasteiger partial charge in [-0.25, -0.2) is 19.0 Å². The largest absolute Gasteiger partial charge is 0.368 e. The van der Waals surface area contributed by atoms with Crippen LogP contribution in [0.5, 0.6) is 0 Å². The van der Waals surface area contributed by atoms with Gasteiger partial charge in [-0.15, -0.1) is 0 Å². The van der Waals surface area contributed by atoms with Crippen LogP contribution >= 0.6 is 0 Å². The van der Waals surface area contributed by atoms with Gasteiger partial charge < -0.3 is 15.4 Å². The lowest BCUT2D eigenvalue weighted by Gasteiger charge is -2.38. The fourth-order valence-electron chi connectivity index (χ4n) is 5.47. The van der Waals surface area contributed by atoms with Crippen LogP contribution in [0.4, 0.5) is 16.0 Å². The number of ether oxygens (including phenoxy) is 1. The molecule has 0 bridgehead atoms. The first-order valence-corrected chi connectivity index (χ1v) is 13.8. The molecule has 5 heterocycles. The molecule has 1 fully saturated rings. The van der Waals surface area contributed by atoms with Crippen molar-refractivity contribution in [1.29, 1.82) is 0 Å². The predicted molar refractivity (Wildman–Crippen MR) is 153 cm³/mol. The Morgan fingerprint density at radius 1 is 1.14 bits per heavy atom. The van der Waals surface area contributed by atoms with E-state index in [-0.39, 0.29) is 17.9 Å². The number of H-pyrrole nitrogens is 1. The molecule has 3 N–H and O–H groups in total. The molecule has 6 rings (SSSR count). The highest BCUT2D eigenvalue weighted by molar-refractivity contribution is 5.86. The molecule has 0 aliphatic heterocycles. The number of carbonyl (C=O) groups excluding carboxylic acids is 1. The summed E-state index contributed by atoms with van der Waals surface area (Å²) in [6.07, 6.45) is 9.79.